The molecule has 0 aliphatic rings. The Kier molecular flexibility index (Phi) is 3.57. The van der Waals surface area contributed by atoms with Crippen LogP contribution in [0.15, 0.2) is 47.4 Å². The Labute approximate surface area is 112 Å². The molecule has 1 amide bonds. The first kappa shape index (κ1) is 13.5. The molecule has 4 nitrogen and oxygen atoms in total. The van der Waals surface area contributed by atoms with Crippen LogP contribution in [-0.4, -0.2) is 26.6 Å². The minimum atomic E-state index is -3.65. The van der Waals surface area contributed by atoms with Gasteiger partial charge in [0.2, 0.25) is 5.91 Å². The summed E-state index contributed by atoms with van der Waals surface area (Å²) in [6.07, 6.45) is 0. The zero-order chi connectivity index (χ0) is 14.0. The van der Waals surface area contributed by atoms with E-state index in [0.29, 0.717) is 0 Å². The lowest BCUT2D eigenvalue weighted by Crippen LogP contribution is -2.35. The summed E-state index contributed by atoms with van der Waals surface area (Å²) in [5.41, 5.74) is 0. The third-order valence-electron chi connectivity index (χ3n) is 3.13. The van der Waals surface area contributed by atoms with E-state index >= 15 is 0 Å². The van der Waals surface area contributed by atoms with Gasteiger partial charge in [-0.25, -0.2) is 8.42 Å². The van der Waals surface area contributed by atoms with Crippen LogP contribution in [0.1, 0.15) is 6.92 Å². The molecule has 100 valence electrons. The second kappa shape index (κ2) is 5.01. The van der Waals surface area contributed by atoms with Crippen molar-refractivity contribution < 1.29 is 13.2 Å². The van der Waals surface area contributed by atoms with Gasteiger partial charge in [-0.15, -0.1) is 0 Å². The van der Waals surface area contributed by atoms with Crippen molar-refractivity contribution in [3.05, 3.63) is 42.5 Å². The van der Waals surface area contributed by atoms with Crippen molar-refractivity contribution >= 4 is 26.5 Å². The van der Waals surface area contributed by atoms with Gasteiger partial charge in [-0.05, 0) is 29.8 Å². The van der Waals surface area contributed by atoms with Crippen LogP contribution in [0.25, 0.3) is 10.8 Å². The number of rotatable bonds is 3. The summed E-state index contributed by atoms with van der Waals surface area (Å²) in [5.74, 6) is -0.506. The van der Waals surface area contributed by atoms with Crippen molar-refractivity contribution in [2.45, 2.75) is 17.1 Å². The Balaban J connectivity index is 2.52. The summed E-state index contributed by atoms with van der Waals surface area (Å²) in [6, 6.07) is 12.4. The number of amides is 1. The summed E-state index contributed by atoms with van der Waals surface area (Å²) in [6.45, 7) is 1.39. The fourth-order valence-corrected chi connectivity index (χ4v) is 3.25. The molecule has 0 aliphatic carbocycles. The SMILES string of the molecule is CNC(=O)C(C)S(=O)(=O)c1ccc2ccccc2c1. The molecule has 2 aromatic rings. The van der Waals surface area contributed by atoms with Crippen LogP contribution in [-0.2, 0) is 14.6 Å². The molecule has 0 heterocycles. The van der Waals surface area contributed by atoms with Gasteiger partial charge in [0.15, 0.2) is 9.84 Å². The molecule has 0 bridgehead atoms. The van der Waals surface area contributed by atoms with Crippen molar-refractivity contribution in [1.82, 2.24) is 5.32 Å². The van der Waals surface area contributed by atoms with Crippen LogP contribution in [0.3, 0.4) is 0 Å². The topological polar surface area (TPSA) is 63.2 Å². The lowest BCUT2D eigenvalue weighted by atomic mass is 10.1. The highest BCUT2D eigenvalue weighted by atomic mass is 32.2. The molecule has 2 rings (SSSR count). The van der Waals surface area contributed by atoms with Crippen LogP contribution in [0.2, 0.25) is 0 Å². The van der Waals surface area contributed by atoms with Crippen LogP contribution in [0.5, 0.6) is 0 Å². The molecule has 0 spiro atoms. The van der Waals surface area contributed by atoms with E-state index in [1.807, 2.05) is 24.3 Å². The normalized spacial score (nSPS) is 13.2. The molecule has 1 N–H and O–H groups in total. The highest BCUT2D eigenvalue weighted by Crippen LogP contribution is 2.22. The van der Waals surface area contributed by atoms with Crippen molar-refractivity contribution in [2.75, 3.05) is 7.05 Å². The van der Waals surface area contributed by atoms with Gasteiger partial charge in [-0.2, -0.15) is 0 Å². The maximum atomic E-state index is 12.3. The number of carbonyl (C=O) groups excluding carboxylic acids is 1. The number of benzene rings is 2. The first-order valence-electron chi connectivity index (χ1n) is 5.91. The predicted octanol–water partition coefficient (Wildman–Crippen LogP) is 1.75. The molecule has 1 unspecified atom stereocenters. The Morgan fingerprint density at radius 1 is 1.11 bits per heavy atom. The number of fused-ring (bicyclic) bond motifs is 1. The molecular formula is C14H15NO3S. The van der Waals surface area contributed by atoms with E-state index in [4.69, 9.17) is 0 Å². The monoisotopic (exact) mass is 277 g/mol. The van der Waals surface area contributed by atoms with Crippen molar-refractivity contribution in [3.63, 3.8) is 0 Å². The zero-order valence-electron chi connectivity index (χ0n) is 10.8. The number of hydrogen-bond acceptors (Lipinski definition) is 3. The maximum Gasteiger partial charge on any atom is 0.238 e. The molecule has 0 saturated heterocycles. The molecule has 0 aliphatic heterocycles. The summed E-state index contributed by atoms with van der Waals surface area (Å²) in [5, 5.41) is 3.07. The summed E-state index contributed by atoms with van der Waals surface area (Å²) in [4.78, 5) is 11.7. The van der Waals surface area contributed by atoms with Gasteiger partial charge < -0.3 is 5.32 Å². The maximum absolute atomic E-state index is 12.3. The summed E-state index contributed by atoms with van der Waals surface area (Å²) >= 11 is 0. The standard InChI is InChI=1S/C14H15NO3S/c1-10(14(16)15-2)19(17,18)13-8-7-11-5-3-4-6-12(11)9-13/h3-10H,1-2H3,(H,15,16). The number of hydrogen-bond donors (Lipinski definition) is 1. The fourth-order valence-electron chi connectivity index (χ4n) is 1.89. The molecule has 5 heteroatoms. The van der Waals surface area contributed by atoms with E-state index in [1.165, 1.54) is 20.0 Å². The lowest BCUT2D eigenvalue weighted by Gasteiger charge is -2.12. The molecule has 0 fully saturated rings. The largest absolute Gasteiger partial charge is 0.358 e. The highest BCUT2D eigenvalue weighted by Gasteiger charge is 2.28. The van der Waals surface area contributed by atoms with E-state index in [1.54, 1.807) is 12.1 Å². The average molecular weight is 277 g/mol. The van der Waals surface area contributed by atoms with Crippen LogP contribution < -0.4 is 5.32 Å². The van der Waals surface area contributed by atoms with E-state index in [9.17, 15) is 13.2 Å². The van der Waals surface area contributed by atoms with Crippen molar-refractivity contribution in [2.24, 2.45) is 0 Å². The number of carbonyl (C=O) groups is 1. The quantitative estimate of drug-likeness (QED) is 0.929. The van der Waals surface area contributed by atoms with E-state index in [-0.39, 0.29) is 4.90 Å². The molecule has 1 atom stereocenters. The number of nitrogens with one attached hydrogen (secondary N) is 1. The van der Waals surface area contributed by atoms with Gasteiger partial charge in [0.1, 0.15) is 5.25 Å². The lowest BCUT2D eigenvalue weighted by molar-refractivity contribution is -0.119. The minimum Gasteiger partial charge on any atom is -0.358 e. The van der Waals surface area contributed by atoms with E-state index in [2.05, 4.69) is 5.32 Å². The first-order valence-corrected chi connectivity index (χ1v) is 7.46. The Morgan fingerprint density at radius 2 is 1.74 bits per heavy atom. The zero-order valence-corrected chi connectivity index (χ0v) is 11.6. The molecular weight excluding hydrogens is 262 g/mol. The molecule has 0 saturated carbocycles. The third-order valence-corrected chi connectivity index (χ3v) is 5.19. The fraction of sp³-hybridized carbons (Fsp3) is 0.214. The van der Waals surface area contributed by atoms with Gasteiger partial charge in [0, 0.05) is 7.05 Å². The van der Waals surface area contributed by atoms with Gasteiger partial charge in [0.05, 0.1) is 4.90 Å². The molecule has 0 aromatic heterocycles. The second-order valence-corrected chi connectivity index (χ2v) is 6.58. The van der Waals surface area contributed by atoms with Crippen molar-refractivity contribution in [1.29, 1.82) is 0 Å². The van der Waals surface area contributed by atoms with Crippen LogP contribution >= 0.6 is 0 Å². The van der Waals surface area contributed by atoms with E-state index in [0.717, 1.165) is 10.8 Å². The van der Waals surface area contributed by atoms with Gasteiger partial charge in [-0.1, -0.05) is 30.3 Å². The Hall–Kier alpha value is -1.88. The molecule has 19 heavy (non-hydrogen) atoms. The van der Waals surface area contributed by atoms with Crippen molar-refractivity contribution in [3.8, 4) is 0 Å². The van der Waals surface area contributed by atoms with Gasteiger partial charge in [0.25, 0.3) is 0 Å². The summed E-state index contributed by atoms with van der Waals surface area (Å²) < 4.78 is 24.6. The van der Waals surface area contributed by atoms with Gasteiger partial charge in [-0.3, -0.25) is 4.79 Å². The second-order valence-electron chi connectivity index (χ2n) is 4.31. The smallest absolute Gasteiger partial charge is 0.238 e. The highest BCUT2D eigenvalue weighted by molar-refractivity contribution is 7.92. The molecule has 2 aromatic carbocycles. The Bertz CT molecular complexity index is 722. The van der Waals surface area contributed by atoms with Crippen LogP contribution in [0.4, 0.5) is 0 Å². The molecule has 0 radical (unpaired) electrons. The average Bonchev–Trinajstić information content (AvgIpc) is 2.45. The third kappa shape index (κ3) is 2.46. The minimum absolute atomic E-state index is 0.169. The number of sulfone groups is 1. The first-order chi connectivity index (χ1) is 8.96. The van der Waals surface area contributed by atoms with Gasteiger partial charge >= 0.3 is 0 Å². The Morgan fingerprint density at radius 3 is 2.37 bits per heavy atom. The summed E-state index contributed by atoms with van der Waals surface area (Å²) in [7, 11) is -2.23. The predicted molar refractivity (Wildman–Crippen MR) is 74.7 cm³/mol. The van der Waals surface area contributed by atoms with Crippen LogP contribution in [0, 0.1) is 0 Å². The van der Waals surface area contributed by atoms with E-state index < -0.39 is 21.0 Å².